The van der Waals surface area contributed by atoms with Crippen LogP contribution in [0.4, 0.5) is 10.2 Å². The van der Waals surface area contributed by atoms with Crippen molar-refractivity contribution in [1.82, 2.24) is 20.2 Å². The minimum atomic E-state index is -0.274. The zero-order valence-corrected chi connectivity index (χ0v) is 15.2. The molecule has 0 radical (unpaired) electrons. The highest BCUT2D eigenvalue weighted by molar-refractivity contribution is 5.91. The minimum absolute atomic E-state index is 0.267. The standard InChI is InChI=1S/C19H24FN5O2/c20-16-3-1-15(2-4-16)5-6-22-19(26)17-13-24-18(14-23-17)21-7-8-25-9-11-27-12-10-25/h1-4,13-14H,5-12H2,(H,21,24)(H,22,26). The van der Waals surface area contributed by atoms with Crippen LogP contribution in [0.2, 0.25) is 0 Å². The normalized spacial score (nSPS) is 14.7. The summed E-state index contributed by atoms with van der Waals surface area (Å²) in [5, 5.41) is 6.00. The van der Waals surface area contributed by atoms with Crippen LogP contribution in [0, 0.1) is 5.82 Å². The molecule has 0 aliphatic carbocycles. The van der Waals surface area contributed by atoms with E-state index in [0.717, 1.165) is 45.0 Å². The van der Waals surface area contributed by atoms with E-state index in [4.69, 9.17) is 4.74 Å². The van der Waals surface area contributed by atoms with Crippen molar-refractivity contribution < 1.29 is 13.9 Å². The van der Waals surface area contributed by atoms with Gasteiger partial charge in [0.2, 0.25) is 0 Å². The fourth-order valence-corrected chi connectivity index (χ4v) is 2.77. The lowest BCUT2D eigenvalue weighted by atomic mass is 10.1. The molecule has 7 nitrogen and oxygen atoms in total. The number of carbonyl (C=O) groups excluding carboxylic acids is 1. The van der Waals surface area contributed by atoms with Crippen LogP contribution in [0.5, 0.6) is 0 Å². The Morgan fingerprint density at radius 3 is 2.59 bits per heavy atom. The average molecular weight is 373 g/mol. The number of anilines is 1. The third kappa shape index (κ3) is 6.26. The van der Waals surface area contributed by atoms with E-state index >= 15 is 0 Å². The van der Waals surface area contributed by atoms with Gasteiger partial charge in [-0.15, -0.1) is 0 Å². The lowest BCUT2D eigenvalue weighted by Crippen LogP contribution is -2.39. The number of nitrogens with zero attached hydrogens (tertiary/aromatic N) is 3. The summed E-state index contributed by atoms with van der Waals surface area (Å²) in [5.41, 5.74) is 1.23. The molecule has 1 aliphatic heterocycles. The Balaban J connectivity index is 1.38. The Morgan fingerprint density at radius 2 is 1.89 bits per heavy atom. The first-order valence-electron chi connectivity index (χ1n) is 9.09. The van der Waals surface area contributed by atoms with Gasteiger partial charge in [0.1, 0.15) is 17.3 Å². The molecule has 0 unspecified atom stereocenters. The van der Waals surface area contributed by atoms with Crippen LogP contribution < -0.4 is 10.6 Å². The highest BCUT2D eigenvalue weighted by Crippen LogP contribution is 2.04. The number of nitrogens with one attached hydrogen (secondary N) is 2. The van der Waals surface area contributed by atoms with Gasteiger partial charge in [0.05, 0.1) is 25.6 Å². The summed E-state index contributed by atoms with van der Waals surface area (Å²) in [4.78, 5) is 22.8. The number of morpholine rings is 1. The van der Waals surface area contributed by atoms with E-state index in [2.05, 4.69) is 25.5 Å². The number of halogens is 1. The maximum Gasteiger partial charge on any atom is 0.271 e. The molecule has 27 heavy (non-hydrogen) atoms. The largest absolute Gasteiger partial charge is 0.379 e. The van der Waals surface area contributed by atoms with Gasteiger partial charge < -0.3 is 15.4 Å². The molecule has 0 atom stereocenters. The van der Waals surface area contributed by atoms with E-state index in [1.807, 2.05) is 0 Å². The first kappa shape index (κ1) is 19.2. The number of rotatable bonds is 8. The fraction of sp³-hybridized carbons (Fsp3) is 0.421. The van der Waals surface area contributed by atoms with E-state index in [1.165, 1.54) is 18.3 Å². The van der Waals surface area contributed by atoms with E-state index in [9.17, 15) is 9.18 Å². The van der Waals surface area contributed by atoms with Crippen molar-refractivity contribution in [2.45, 2.75) is 6.42 Å². The highest BCUT2D eigenvalue weighted by Gasteiger charge is 2.10. The number of benzene rings is 1. The second-order valence-corrected chi connectivity index (χ2v) is 6.30. The predicted octanol–water partition coefficient (Wildman–Crippen LogP) is 1.33. The van der Waals surface area contributed by atoms with Crippen molar-refractivity contribution in [3.63, 3.8) is 0 Å². The summed E-state index contributed by atoms with van der Waals surface area (Å²) in [6.07, 6.45) is 3.65. The van der Waals surface area contributed by atoms with Gasteiger partial charge in [-0.05, 0) is 24.1 Å². The van der Waals surface area contributed by atoms with Gasteiger partial charge in [-0.3, -0.25) is 9.69 Å². The zero-order chi connectivity index (χ0) is 18.9. The molecule has 0 saturated carbocycles. The Labute approximate surface area is 158 Å². The van der Waals surface area contributed by atoms with E-state index in [1.54, 1.807) is 18.3 Å². The minimum Gasteiger partial charge on any atom is -0.379 e. The van der Waals surface area contributed by atoms with Crippen LogP contribution in [-0.2, 0) is 11.2 Å². The summed E-state index contributed by atoms with van der Waals surface area (Å²) in [6, 6.07) is 6.23. The SMILES string of the molecule is O=C(NCCc1ccc(F)cc1)c1cnc(NCCN2CCOCC2)cn1. The average Bonchev–Trinajstić information content (AvgIpc) is 2.71. The van der Waals surface area contributed by atoms with Crippen molar-refractivity contribution in [3.8, 4) is 0 Å². The van der Waals surface area contributed by atoms with Gasteiger partial charge in [-0.2, -0.15) is 0 Å². The Kier molecular flexibility index (Phi) is 7.06. The Hall–Kier alpha value is -2.58. The first-order valence-corrected chi connectivity index (χ1v) is 9.09. The molecule has 0 bridgehead atoms. The molecule has 144 valence electrons. The van der Waals surface area contributed by atoms with Crippen LogP contribution in [0.25, 0.3) is 0 Å². The summed E-state index contributed by atoms with van der Waals surface area (Å²) >= 11 is 0. The molecule has 2 aromatic rings. The summed E-state index contributed by atoms with van der Waals surface area (Å²) < 4.78 is 18.2. The second-order valence-electron chi connectivity index (χ2n) is 6.30. The number of ether oxygens (including phenoxy) is 1. The van der Waals surface area contributed by atoms with Gasteiger partial charge in [0, 0.05) is 32.7 Å². The molecule has 3 rings (SSSR count). The zero-order valence-electron chi connectivity index (χ0n) is 15.2. The van der Waals surface area contributed by atoms with Gasteiger partial charge >= 0.3 is 0 Å². The molecule has 2 N–H and O–H groups in total. The molecule has 1 aromatic heterocycles. The first-order chi connectivity index (χ1) is 13.2. The number of hydrogen-bond donors (Lipinski definition) is 2. The van der Waals surface area contributed by atoms with Crippen LogP contribution in [-0.4, -0.2) is 66.7 Å². The van der Waals surface area contributed by atoms with Crippen molar-refractivity contribution in [2.75, 3.05) is 51.3 Å². The van der Waals surface area contributed by atoms with Crippen LogP contribution >= 0.6 is 0 Å². The molecule has 8 heteroatoms. The molecule has 1 aliphatic rings. The summed E-state index contributed by atoms with van der Waals surface area (Å²) in [5.74, 6) is 0.104. The van der Waals surface area contributed by atoms with Gasteiger partial charge in [-0.1, -0.05) is 12.1 Å². The lowest BCUT2D eigenvalue weighted by molar-refractivity contribution is 0.0398. The maximum atomic E-state index is 12.9. The molecule has 1 saturated heterocycles. The number of amides is 1. The molecule has 1 aromatic carbocycles. The van der Waals surface area contributed by atoms with E-state index in [-0.39, 0.29) is 17.4 Å². The maximum absolute atomic E-state index is 12.9. The molecule has 2 heterocycles. The fourth-order valence-electron chi connectivity index (χ4n) is 2.77. The van der Waals surface area contributed by atoms with Crippen LogP contribution in [0.3, 0.4) is 0 Å². The monoisotopic (exact) mass is 373 g/mol. The quantitative estimate of drug-likeness (QED) is 0.727. The lowest BCUT2D eigenvalue weighted by Gasteiger charge is -2.26. The van der Waals surface area contributed by atoms with Crippen molar-refractivity contribution in [3.05, 3.63) is 53.7 Å². The number of aromatic nitrogens is 2. The number of carbonyl (C=O) groups is 1. The van der Waals surface area contributed by atoms with Gasteiger partial charge in [0.25, 0.3) is 5.91 Å². The number of hydrogen-bond acceptors (Lipinski definition) is 6. The van der Waals surface area contributed by atoms with E-state index < -0.39 is 0 Å². The summed E-state index contributed by atoms with van der Waals surface area (Å²) in [6.45, 7) is 5.59. The topological polar surface area (TPSA) is 79.4 Å². The Bertz CT molecular complexity index is 718. The molecule has 1 fully saturated rings. The Morgan fingerprint density at radius 1 is 1.11 bits per heavy atom. The molecular weight excluding hydrogens is 349 g/mol. The predicted molar refractivity (Wildman–Crippen MR) is 100 cm³/mol. The second kappa shape index (κ2) is 9.94. The van der Waals surface area contributed by atoms with Crippen molar-refractivity contribution >= 4 is 11.7 Å². The molecular formula is C19H24FN5O2. The van der Waals surface area contributed by atoms with E-state index in [0.29, 0.717) is 18.8 Å². The molecule has 1 amide bonds. The van der Waals surface area contributed by atoms with Crippen molar-refractivity contribution in [2.24, 2.45) is 0 Å². The van der Waals surface area contributed by atoms with Gasteiger partial charge in [0.15, 0.2) is 0 Å². The highest BCUT2D eigenvalue weighted by atomic mass is 19.1. The molecule has 0 spiro atoms. The third-order valence-electron chi connectivity index (χ3n) is 4.33. The third-order valence-corrected chi connectivity index (χ3v) is 4.33. The van der Waals surface area contributed by atoms with Crippen LogP contribution in [0.15, 0.2) is 36.7 Å². The van der Waals surface area contributed by atoms with Gasteiger partial charge in [-0.25, -0.2) is 14.4 Å². The van der Waals surface area contributed by atoms with Crippen LogP contribution in [0.1, 0.15) is 16.1 Å². The smallest absolute Gasteiger partial charge is 0.271 e. The van der Waals surface area contributed by atoms with Crippen molar-refractivity contribution in [1.29, 1.82) is 0 Å². The summed E-state index contributed by atoms with van der Waals surface area (Å²) in [7, 11) is 0.